The minimum Gasteiger partial charge on any atom is -0.465 e. The number of carbonyl (C=O) groups is 1. The fourth-order valence-corrected chi connectivity index (χ4v) is 4.33. The van der Waals surface area contributed by atoms with Crippen LogP contribution in [-0.2, 0) is 15.9 Å². The van der Waals surface area contributed by atoms with Crippen molar-refractivity contribution in [2.45, 2.75) is 38.0 Å². The van der Waals surface area contributed by atoms with Gasteiger partial charge in [-0.3, -0.25) is 4.90 Å². The van der Waals surface area contributed by atoms with Crippen molar-refractivity contribution in [2.24, 2.45) is 0 Å². The summed E-state index contributed by atoms with van der Waals surface area (Å²) in [5.74, 6) is -0.297. The first kappa shape index (κ1) is 22.3. The van der Waals surface area contributed by atoms with Crippen LogP contribution in [0.15, 0.2) is 84.9 Å². The summed E-state index contributed by atoms with van der Waals surface area (Å²) in [6.45, 7) is 1.97. The summed E-state index contributed by atoms with van der Waals surface area (Å²) in [5, 5.41) is 0. The standard InChI is InChI=1S/C28H31NO3/c1-31-28(30)25-17-15-22(16-18-25)19-21-29-20-9-8-14-26(29)32-27(23-10-4-2-5-11-23)24-12-6-3-7-13-24/h2-7,10-13,15-18,26-27H,8-9,14,19-21H2,1H3/t26-/m1/s1. The number of ether oxygens (including phenoxy) is 2. The van der Waals surface area contributed by atoms with Crippen LogP contribution in [0.4, 0.5) is 0 Å². The van der Waals surface area contributed by atoms with Gasteiger partial charge in [0, 0.05) is 13.1 Å². The number of methoxy groups -OCH3 is 1. The lowest BCUT2D eigenvalue weighted by atomic mass is 10.0. The van der Waals surface area contributed by atoms with Gasteiger partial charge in [-0.15, -0.1) is 0 Å². The number of likely N-dealkylation sites (tertiary alicyclic amines) is 1. The van der Waals surface area contributed by atoms with Crippen molar-refractivity contribution >= 4 is 5.97 Å². The largest absolute Gasteiger partial charge is 0.465 e. The van der Waals surface area contributed by atoms with Crippen molar-refractivity contribution in [3.63, 3.8) is 0 Å². The van der Waals surface area contributed by atoms with Crippen molar-refractivity contribution in [1.29, 1.82) is 0 Å². The maximum absolute atomic E-state index is 11.7. The third kappa shape index (κ3) is 5.64. The van der Waals surface area contributed by atoms with E-state index in [1.807, 2.05) is 36.4 Å². The van der Waals surface area contributed by atoms with Crippen LogP contribution < -0.4 is 0 Å². The molecule has 1 atom stereocenters. The molecule has 0 unspecified atom stereocenters. The average Bonchev–Trinajstić information content (AvgIpc) is 2.87. The zero-order chi connectivity index (χ0) is 22.2. The van der Waals surface area contributed by atoms with Gasteiger partial charge in [0.1, 0.15) is 12.3 Å². The highest BCUT2D eigenvalue weighted by atomic mass is 16.5. The topological polar surface area (TPSA) is 38.8 Å². The second-order valence-corrected chi connectivity index (χ2v) is 8.26. The third-order valence-electron chi connectivity index (χ3n) is 6.11. The zero-order valence-corrected chi connectivity index (χ0v) is 18.7. The first-order valence-corrected chi connectivity index (χ1v) is 11.4. The van der Waals surface area contributed by atoms with Gasteiger partial charge >= 0.3 is 5.97 Å². The molecule has 32 heavy (non-hydrogen) atoms. The Morgan fingerprint density at radius 1 is 0.906 bits per heavy atom. The van der Waals surface area contributed by atoms with Crippen LogP contribution >= 0.6 is 0 Å². The monoisotopic (exact) mass is 429 g/mol. The molecule has 0 aromatic heterocycles. The molecule has 1 aliphatic rings. The van der Waals surface area contributed by atoms with E-state index in [4.69, 9.17) is 9.47 Å². The van der Waals surface area contributed by atoms with Crippen molar-refractivity contribution < 1.29 is 14.3 Å². The van der Waals surface area contributed by atoms with Crippen molar-refractivity contribution in [2.75, 3.05) is 20.2 Å². The maximum Gasteiger partial charge on any atom is 0.337 e. The van der Waals surface area contributed by atoms with E-state index in [0.29, 0.717) is 5.56 Å². The summed E-state index contributed by atoms with van der Waals surface area (Å²) in [7, 11) is 1.41. The van der Waals surface area contributed by atoms with Crippen molar-refractivity contribution in [3.8, 4) is 0 Å². The predicted molar refractivity (Wildman–Crippen MR) is 127 cm³/mol. The Morgan fingerprint density at radius 3 is 2.12 bits per heavy atom. The molecule has 0 spiro atoms. The molecule has 3 aromatic rings. The smallest absolute Gasteiger partial charge is 0.337 e. The summed E-state index contributed by atoms with van der Waals surface area (Å²) in [6.07, 6.45) is 4.35. The van der Waals surface area contributed by atoms with Crippen LogP contribution in [0.5, 0.6) is 0 Å². The molecule has 0 aliphatic carbocycles. The van der Waals surface area contributed by atoms with E-state index >= 15 is 0 Å². The van der Waals surface area contributed by atoms with E-state index in [0.717, 1.165) is 25.9 Å². The molecule has 0 N–H and O–H groups in total. The highest BCUT2D eigenvalue weighted by molar-refractivity contribution is 5.89. The number of hydrogen-bond acceptors (Lipinski definition) is 4. The van der Waals surface area contributed by atoms with E-state index in [-0.39, 0.29) is 18.3 Å². The molecule has 1 heterocycles. The molecule has 0 saturated carbocycles. The lowest BCUT2D eigenvalue weighted by Crippen LogP contribution is -2.43. The molecule has 4 nitrogen and oxygen atoms in total. The second kappa shape index (κ2) is 11.1. The normalized spacial score (nSPS) is 16.8. The molecule has 0 bridgehead atoms. The number of nitrogens with zero attached hydrogens (tertiary/aromatic N) is 1. The molecule has 166 valence electrons. The lowest BCUT2D eigenvalue weighted by Gasteiger charge is -2.38. The Kier molecular flexibility index (Phi) is 7.70. The van der Waals surface area contributed by atoms with E-state index in [1.54, 1.807) is 0 Å². The summed E-state index contributed by atoms with van der Waals surface area (Å²) in [5.41, 5.74) is 4.17. The molecule has 0 amide bonds. The highest BCUT2D eigenvalue weighted by Gasteiger charge is 2.27. The Hall–Kier alpha value is -2.95. The second-order valence-electron chi connectivity index (χ2n) is 8.26. The number of piperidine rings is 1. The Morgan fingerprint density at radius 2 is 1.53 bits per heavy atom. The van der Waals surface area contributed by atoms with Gasteiger partial charge in [-0.25, -0.2) is 4.79 Å². The van der Waals surface area contributed by atoms with Gasteiger partial charge in [0.15, 0.2) is 0 Å². The Balaban J connectivity index is 1.45. The average molecular weight is 430 g/mol. The van der Waals surface area contributed by atoms with Crippen molar-refractivity contribution in [3.05, 3.63) is 107 Å². The van der Waals surface area contributed by atoms with Crippen molar-refractivity contribution in [1.82, 2.24) is 4.90 Å². The zero-order valence-electron chi connectivity index (χ0n) is 18.7. The minimum absolute atomic E-state index is 0.0812. The van der Waals surface area contributed by atoms with Crippen LogP contribution in [0.1, 0.15) is 52.4 Å². The van der Waals surface area contributed by atoms with Crippen LogP contribution in [0.2, 0.25) is 0 Å². The third-order valence-corrected chi connectivity index (χ3v) is 6.11. The highest BCUT2D eigenvalue weighted by Crippen LogP contribution is 2.31. The van der Waals surface area contributed by atoms with E-state index in [2.05, 4.69) is 53.4 Å². The number of hydrogen-bond donors (Lipinski definition) is 0. The van der Waals surface area contributed by atoms with Crippen LogP contribution in [0.3, 0.4) is 0 Å². The number of carbonyl (C=O) groups excluding carboxylic acids is 1. The van der Waals surface area contributed by atoms with Crippen LogP contribution in [0, 0.1) is 0 Å². The van der Waals surface area contributed by atoms with Gasteiger partial charge in [-0.2, -0.15) is 0 Å². The summed E-state index contributed by atoms with van der Waals surface area (Å²) < 4.78 is 11.6. The molecule has 4 heteroatoms. The van der Waals surface area contributed by atoms with Gasteiger partial charge in [0.2, 0.25) is 0 Å². The number of esters is 1. The first-order valence-electron chi connectivity index (χ1n) is 11.4. The molecule has 4 rings (SSSR count). The summed E-state index contributed by atoms with van der Waals surface area (Å²) >= 11 is 0. The molecule has 3 aromatic carbocycles. The molecular formula is C28H31NO3. The fourth-order valence-electron chi connectivity index (χ4n) is 4.33. The molecular weight excluding hydrogens is 398 g/mol. The molecule has 1 aliphatic heterocycles. The summed E-state index contributed by atoms with van der Waals surface area (Å²) in [4.78, 5) is 14.1. The fraction of sp³-hybridized carbons (Fsp3) is 0.321. The minimum atomic E-state index is -0.297. The van der Waals surface area contributed by atoms with Gasteiger partial charge in [-0.05, 0) is 54.5 Å². The van der Waals surface area contributed by atoms with Crippen LogP contribution in [0.25, 0.3) is 0 Å². The van der Waals surface area contributed by atoms with Gasteiger partial charge in [-0.1, -0.05) is 72.8 Å². The van der Waals surface area contributed by atoms with Crippen LogP contribution in [-0.4, -0.2) is 37.3 Å². The van der Waals surface area contributed by atoms with Gasteiger partial charge in [0.05, 0.1) is 12.7 Å². The number of rotatable bonds is 8. The maximum atomic E-state index is 11.7. The number of benzene rings is 3. The quantitative estimate of drug-likeness (QED) is 0.435. The van der Waals surface area contributed by atoms with Gasteiger partial charge < -0.3 is 9.47 Å². The Labute approximate surface area is 190 Å². The van der Waals surface area contributed by atoms with E-state index < -0.39 is 0 Å². The Bertz CT molecular complexity index is 933. The van der Waals surface area contributed by atoms with E-state index in [1.165, 1.54) is 36.6 Å². The van der Waals surface area contributed by atoms with E-state index in [9.17, 15) is 4.79 Å². The SMILES string of the molecule is COC(=O)c1ccc(CCN2CCCC[C@H]2OC(c2ccccc2)c2ccccc2)cc1. The first-order chi connectivity index (χ1) is 15.7. The predicted octanol–water partition coefficient (Wildman–Crippen LogP) is 5.63. The summed E-state index contributed by atoms with van der Waals surface area (Å²) in [6, 6.07) is 28.7. The molecule has 0 radical (unpaired) electrons. The molecule has 1 fully saturated rings. The molecule has 1 saturated heterocycles. The lowest BCUT2D eigenvalue weighted by molar-refractivity contribution is -0.105. The van der Waals surface area contributed by atoms with Gasteiger partial charge in [0.25, 0.3) is 0 Å².